The van der Waals surface area contributed by atoms with E-state index in [-0.39, 0.29) is 21.6 Å². The molecule has 0 unspecified atom stereocenters. The standard InChI is InChI=1S/C13H10Cl4O4/c1-20-13(21-2)11(16)7-5(18)3-4-6(19)8(7)12(13,17)10(15)9(11)14/h3-4,7-8H,1-2H3/t7-,8+,11-,12-/m0/s1. The van der Waals surface area contributed by atoms with E-state index >= 15 is 0 Å². The summed E-state index contributed by atoms with van der Waals surface area (Å²) in [6.45, 7) is 0. The van der Waals surface area contributed by atoms with E-state index in [4.69, 9.17) is 55.9 Å². The van der Waals surface area contributed by atoms with Crippen molar-refractivity contribution in [3.8, 4) is 0 Å². The smallest absolute Gasteiger partial charge is 0.218 e. The third-order valence-electron chi connectivity index (χ3n) is 4.58. The number of rotatable bonds is 2. The average Bonchev–Trinajstić information content (AvgIpc) is 2.72. The second-order valence-corrected chi connectivity index (χ2v) is 7.12. The largest absolute Gasteiger partial charge is 0.350 e. The van der Waals surface area contributed by atoms with Gasteiger partial charge in [0.05, 0.1) is 21.9 Å². The highest BCUT2D eigenvalue weighted by molar-refractivity contribution is 6.53. The van der Waals surface area contributed by atoms with E-state index in [1.807, 2.05) is 0 Å². The summed E-state index contributed by atoms with van der Waals surface area (Å²) in [7, 11) is 2.63. The predicted octanol–water partition coefficient (Wildman–Crippen LogP) is 2.59. The molecule has 0 aromatic rings. The Morgan fingerprint density at radius 3 is 1.52 bits per heavy atom. The number of hydrogen-bond acceptors (Lipinski definition) is 4. The second kappa shape index (κ2) is 4.47. The van der Waals surface area contributed by atoms with Gasteiger partial charge in [0.1, 0.15) is 9.75 Å². The first-order valence-electron chi connectivity index (χ1n) is 6.04. The van der Waals surface area contributed by atoms with Crippen LogP contribution in [0.5, 0.6) is 0 Å². The van der Waals surface area contributed by atoms with Crippen molar-refractivity contribution in [3.05, 3.63) is 22.2 Å². The summed E-state index contributed by atoms with van der Waals surface area (Å²) in [5.41, 5.74) is 0. The zero-order valence-electron chi connectivity index (χ0n) is 11.0. The van der Waals surface area contributed by atoms with Gasteiger partial charge in [-0.2, -0.15) is 0 Å². The fourth-order valence-electron chi connectivity index (χ4n) is 3.78. The maximum Gasteiger partial charge on any atom is 0.218 e. The van der Waals surface area contributed by atoms with Gasteiger partial charge in [0, 0.05) is 14.2 Å². The summed E-state index contributed by atoms with van der Waals surface area (Å²) in [5.74, 6) is -4.44. The number of hydrogen-bond donors (Lipinski definition) is 0. The van der Waals surface area contributed by atoms with Crippen LogP contribution >= 0.6 is 46.4 Å². The molecule has 0 aliphatic heterocycles. The molecule has 3 aliphatic carbocycles. The molecule has 21 heavy (non-hydrogen) atoms. The minimum atomic E-state index is -1.72. The molecule has 4 atom stereocenters. The lowest BCUT2D eigenvalue weighted by Gasteiger charge is -2.40. The van der Waals surface area contributed by atoms with Crippen LogP contribution in [0, 0.1) is 11.8 Å². The highest BCUT2D eigenvalue weighted by Gasteiger charge is 2.87. The Morgan fingerprint density at radius 1 is 0.905 bits per heavy atom. The van der Waals surface area contributed by atoms with E-state index in [0.717, 1.165) is 0 Å². The van der Waals surface area contributed by atoms with Gasteiger partial charge in [-0.3, -0.25) is 9.59 Å². The van der Waals surface area contributed by atoms with E-state index in [2.05, 4.69) is 0 Å². The number of allylic oxidation sites excluding steroid dienone is 2. The number of alkyl halides is 2. The number of fused-ring (bicyclic) bond motifs is 5. The Bertz CT molecular complexity index is 576. The molecule has 3 rings (SSSR count). The van der Waals surface area contributed by atoms with Gasteiger partial charge in [-0.15, -0.1) is 23.2 Å². The molecule has 0 saturated heterocycles. The number of halogens is 4. The molecule has 0 aromatic heterocycles. The van der Waals surface area contributed by atoms with Crippen molar-refractivity contribution >= 4 is 58.0 Å². The van der Waals surface area contributed by atoms with Crippen LogP contribution in [0.25, 0.3) is 0 Å². The SMILES string of the molecule is COC1(OC)[C@@]2(Cl)C(Cl)=C(Cl)[C@@]1(Cl)[C@H]1C(=O)C=CC(=O)[C@H]12. The van der Waals surface area contributed by atoms with Gasteiger partial charge >= 0.3 is 0 Å². The predicted molar refractivity (Wildman–Crippen MR) is 78.8 cm³/mol. The molecule has 0 heterocycles. The van der Waals surface area contributed by atoms with Crippen LogP contribution in [-0.2, 0) is 19.1 Å². The fraction of sp³-hybridized carbons (Fsp3) is 0.538. The van der Waals surface area contributed by atoms with E-state index < -0.39 is 27.4 Å². The van der Waals surface area contributed by atoms with Crippen molar-refractivity contribution in [3.63, 3.8) is 0 Å². The summed E-state index contributed by atoms with van der Waals surface area (Å²) in [5, 5.41) is -0.0514. The van der Waals surface area contributed by atoms with Crippen molar-refractivity contribution in [2.45, 2.75) is 15.5 Å². The lowest BCUT2D eigenvalue weighted by molar-refractivity contribution is -0.220. The fourth-order valence-corrected chi connectivity index (χ4v) is 5.97. The third kappa shape index (κ3) is 1.34. The number of ether oxygens (including phenoxy) is 2. The summed E-state index contributed by atoms with van der Waals surface area (Å²) in [6.07, 6.45) is 2.34. The Morgan fingerprint density at radius 2 is 1.24 bits per heavy atom. The molecule has 0 N–H and O–H groups in total. The molecule has 8 heteroatoms. The topological polar surface area (TPSA) is 52.6 Å². The van der Waals surface area contributed by atoms with Crippen LogP contribution in [0.15, 0.2) is 22.2 Å². The average molecular weight is 372 g/mol. The zero-order valence-corrected chi connectivity index (χ0v) is 14.0. The molecule has 2 bridgehead atoms. The zero-order chi connectivity index (χ0) is 15.8. The molecule has 1 saturated carbocycles. The van der Waals surface area contributed by atoms with Gasteiger partial charge in [-0.05, 0) is 12.2 Å². The van der Waals surface area contributed by atoms with Crippen LogP contribution in [0.4, 0.5) is 0 Å². The normalized spacial score (nSPS) is 43.7. The Balaban J connectivity index is 2.39. The van der Waals surface area contributed by atoms with Crippen molar-refractivity contribution in [1.29, 1.82) is 0 Å². The Labute approximate surface area is 140 Å². The third-order valence-corrected chi connectivity index (χ3v) is 7.19. The highest BCUT2D eigenvalue weighted by Crippen LogP contribution is 2.74. The Kier molecular flexibility index (Phi) is 3.36. The van der Waals surface area contributed by atoms with Gasteiger partial charge in [0.25, 0.3) is 0 Å². The van der Waals surface area contributed by atoms with Crippen LogP contribution < -0.4 is 0 Å². The summed E-state index contributed by atoms with van der Waals surface area (Å²) < 4.78 is 10.9. The molecule has 114 valence electrons. The van der Waals surface area contributed by atoms with E-state index in [1.165, 1.54) is 26.4 Å². The molecular formula is C13H10Cl4O4. The Hall–Kier alpha value is -0.100. The highest BCUT2D eigenvalue weighted by atomic mass is 35.5. The van der Waals surface area contributed by atoms with Crippen molar-refractivity contribution < 1.29 is 19.1 Å². The van der Waals surface area contributed by atoms with Gasteiger partial charge in [-0.25, -0.2) is 0 Å². The van der Waals surface area contributed by atoms with E-state index in [9.17, 15) is 9.59 Å². The molecule has 0 radical (unpaired) electrons. The number of carbonyl (C=O) groups is 2. The van der Waals surface area contributed by atoms with Crippen molar-refractivity contribution in [2.75, 3.05) is 14.2 Å². The molecule has 0 spiro atoms. The summed E-state index contributed by atoms with van der Waals surface area (Å²) in [6, 6.07) is 0. The van der Waals surface area contributed by atoms with Crippen molar-refractivity contribution in [1.82, 2.24) is 0 Å². The van der Waals surface area contributed by atoms with Gasteiger partial charge < -0.3 is 9.47 Å². The molecular weight excluding hydrogens is 362 g/mol. The first-order chi connectivity index (χ1) is 9.74. The van der Waals surface area contributed by atoms with Crippen LogP contribution in [-0.4, -0.2) is 41.3 Å². The lowest BCUT2D eigenvalue weighted by atomic mass is 9.74. The second-order valence-electron chi connectivity index (χ2n) is 5.17. The summed E-state index contributed by atoms with van der Waals surface area (Å²) in [4.78, 5) is 21.3. The molecule has 0 amide bonds. The monoisotopic (exact) mass is 370 g/mol. The quantitative estimate of drug-likeness (QED) is 0.553. The van der Waals surface area contributed by atoms with Crippen LogP contribution in [0.2, 0.25) is 0 Å². The first kappa shape index (κ1) is 15.8. The molecule has 3 aliphatic rings. The van der Waals surface area contributed by atoms with Gasteiger partial charge in [0.2, 0.25) is 5.79 Å². The van der Waals surface area contributed by atoms with Crippen LogP contribution in [0.3, 0.4) is 0 Å². The van der Waals surface area contributed by atoms with Gasteiger partial charge in [-0.1, -0.05) is 23.2 Å². The molecule has 4 nitrogen and oxygen atoms in total. The lowest BCUT2D eigenvalue weighted by Crippen LogP contribution is -2.58. The number of ketones is 2. The first-order valence-corrected chi connectivity index (χ1v) is 7.55. The van der Waals surface area contributed by atoms with Crippen LogP contribution in [0.1, 0.15) is 0 Å². The minimum absolute atomic E-state index is 0.0257. The maximum atomic E-state index is 12.3. The van der Waals surface area contributed by atoms with E-state index in [1.54, 1.807) is 0 Å². The minimum Gasteiger partial charge on any atom is -0.350 e. The molecule has 1 fully saturated rings. The van der Waals surface area contributed by atoms with Gasteiger partial charge in [0.15, 0.2) is 11.6 Å². The number of methoxy groups -OCH3 is 2. The maximum absolute atomic E-state index is 12.3. The molecule has 0 aromatic carbocycles. The van der Waals surface area contributed by atoms with E-state index in [0.29, 0.717) is 0 Å². The summed E-state index contributed by atoms with van der Waals surface area (Å²) >= 11 is 25.8. The van der Waals surface area contributed by atoms with Crippen molar-refractivity contribution in [2.24, 2.45) is 11.8 Å². The number of carbonyl (C=O) groups excluding carboxylic acids is 2.